The number of hydrogen-bond acceptors (Lipinski definition) is 5. The lowest BCUT2D eigenvalue weighted by atomic mass is 9.80. The van der Waals surface area contributed by atoms with Gasteiger partial charge in [-0.3, -0.25) is 4.79 Å². The SMILES string of the molecule is Cc1cccc(C(=O)OC2CCC3C(=O)C(Oc4ccc5ccccc5c4)=COC3C2)c1. The molecule has 3 unspecified atom stereocenters. The number of benzene rings is 3. The molecule has 3 aromatic rings. The highest BCUT2D eigenvalue weighted by atomic mass is 16.6. The molecule has 5 rings (SSSR count). The van der Waals surface area contributed by atoms with Crippen LogP contribution in [-0.4, -0.2) is 24.0 Å². The normalized spacial score (nSPS) is 22.5. The molecule has 0 N–H and O–H groups in total. The van der Waals surface area contributed by atoms with Crippen molar-refractivity contribution in [2.45, 2.75) is 38.4 Å². The van der Waals surface area contributed by atoms with Crippen LogP contribution in [0.4, 0.5) is 0 Å². The highest BCUT2D eigenvalue weighted by molar-refractivity contribution is 5.97. The average molecular weight is 428 g/mol. The molecular weight excluding hydrogens is 404 g/mol. The summed E-state index contributed by atoms with van der Waals surface area (Å²) in [5, 5.41) is 2.15. The molecule has 0 amide bonds. The van der Waals surface area contributed by atoms with Gasteiger partial charge in [0.1, 0.15) is 24.2 Å². The molecule has 1 saturated carbocycles. The van der Waals surface area contributed by atoms with Crippen LogP contribution in [0.25, 0.3) is 10.8 Å². The molecule has 3 atom stereocenters. The molecule has 3 aromatic carbocycles. The van der Waals surface area contributed by atoms with Crippen LogP contribution in [0.15, 0.2) is 78.8 Å². The van der Waals surface area contributed by atoms with Gasteiger partial charge in [0.2, 0.25) is 11.5 Å². The van der Waals surface area contributed by atoms with Crippen molar-refractivity contribution in [2.75, 3.05) is 0 Å². The number of aryl methyl sites for hydroxylation is 1. The fourth-order valence-electron chi connectivity index (χ4n) is 4.46. The molecular formula is C27H24O5. The lowest BCUT2D eigenvalue weighted by Gasteiger charge is -2.36. The first-order valence-electron chi connectivity index (χ1n) is 10.9. The van der Waals surface area contributed by atoms with Gasteiger partial charge >= 0.3 is 5.97 Å². The number of hydrogen-bond donors (Lipinski definition) is 0. The van der Waals surface area contributed by atoms with E-state index in [1.165, 1.54) is 6.26 Å². The first-order chi connectivity index (χ1) is 15.6. The largest absolute Gasteiger partial charge is 0.493 e. The molecule has 0 bridgehead atoms. The summed E-state index contributed by atoms with van der Waals surface area (Å²) in [5.74, 6) is 0.139. The van der Waals surface area contributed by atoms with Crippen LogP contribution in [0.5, 0.6) is 5.75 Å². The van der Waals surface area contributed by atoms with Crippen molar-refractivity contribution in [1.29, 1.82) is 0 Å². The minimum Gasteiger partial charge on any atom is -0.493 e. The van der Waals surface area contributed by atoms with E-state index >= 15 is 0 Å². The quantitative estimate of drug-likeness (QED) is 0.524. The Kier molecular flexibility index (Phi) is 5.39. The van der Waals surface area contributed by atoms with E-state index in [9.17, 15) is 9.59 Å². The van der Waals surface area contributed by atoms with Crippen LogP contribution in [-0.2, 0) is 14.3 Å². The van der Waals surface area contributed by atoms with Crippen molar-refractivity contribution in [3.05, 3.63) is 89.9 Å². The summed E-state index contributed by atoms with van der Waals surface area (Å²) in [6.07, 6.45) is 2.53. The zero-order chi connectivity index (χ0) is 22.1. The van der Waals surface area contributed by atoms with Gasteiger partial charge in [-0.05, 0) is 54.8 Å². The number of allylic oxidation sites excluding steroid dienone is 1. The zero-order valence-electron chi connectivity index (χ0n) is 17.8. The second-order valence-corrected chi connectivity index (χ2v) is 8.45. The van der Waals surface area contributed by atoms with E-state index in [1.807, 2.05) is 67.6 Å². The van der Waals surface area contributed by atoms with E-state index < -0.39 is 0 Å². The Morgan fingerprint density at radius 1 is 0.969 bits per heavy atom. The highest BCUT2D eigenvalue weighted by Gasteiger charge is 2.42. The van der Waals surface area contributed by atoms with Crippen molar-refractivity contribution in [3.8, 4) is 5.75 Å². The summed E-state index contributed by atoms with van der Waals surface area (Å²) < 4.78 is 17.4. The van der Waals surface area contributed by atoms with Crippen molar-refractivity contribution in [1.82, 2.24) is 0 Å². The average Bonchev–Trinajstić information content (AvgIpc) is 2.81. The summed E-state index contributed by atoms with van der Waals surface area (Å²) >= 11 is 0. The van der Waals surface area contributed by atoms with Crippen molar-refractivity contribution < 1.29 is 23.8 Å². The highest BCUT2D eigenvalue weighted by Crippen LogP contribution is 2.35. The third kappa shape index (κ3) is 4.11. The minimum atomic E-state index is -0.338. The fraction of sp³-hybridized carbons (Fsp3) is 0.259. The minimum absolute atomic E-state index is 0.0575. The molecule has 32 heavy (non-hydrogen) atoms. The molecule has 2 aliphatic rings. The monoisotopic (exact) mass is 428 g/mol. The lowest BCUT2D eigenvalue weighted by molar-refractivity contribution is -0.132. The van der Waals surface area contributed by atoms with Crippen LogP contribution < -0.4 is 4.74 Å². The number of fused-ring (bicyclic) bond motifs is 2. The van der Waals surface area contributed by atoms with Gasteiger partial charge in [0.05, 0.1) is 11.5 Å². The Morgan fingerprint density at radius 2 is 1.81 bits per heavy atom. The maximum Gasteiger partial charge on any atom is 0.338 e. The molecule has 1 aliphatic carbocycles. The topological polar surface area (TPSA) is 61.8 Å². The molecule has 0 spiro atoms. The van der Waals surface area contributed by atoms with Crippen LogP contribution in [0.3, 0.4) is 0 Å². The Balaban J connectivity index is 1.24. The van der Waals surface area contributed by atoms with Gasteiger partial charge in [-0.25, -0.2) is 4.79 Å². The number of esters is 1. The van der Waals surface area contributed by atoms with Gasteiger partial charge in [-0.15, -0.1) is 0 Å². The Morgan fingerprint density at radius 3 is 2.66 bits per heavy atom. The molecule has 1 aliphatic heterocycles. The van der Waals surface area contributed by atoms with E-state index in [0.717, 1.165) is 16.3 Å². The predicted octanol–water partition coefficient (Wildman–Crippen LogP) is 5.36. The third-order valence-electron chi connectivity index (χ3n) is 6.15. The molecule has 0 radical (unpaired) electrons. The maximum atomic E-state index is 13.0. The molecule has 1 heterocycles. The van der Waals surface area contributed by atoms with E-state index in [-0.39, 0.29) is 35.6 Å². The Hall–Kier alpha value is -3.60. The molecule has 1 fully saturated rings. The summed E-state index contributed by atoms with van der Waals surface area (Å²) in [6.45, 7) is 1.94. The Bertz CT molecular complexity index is 1210. The Labute approximate surface area is 186 Å². The smallest absolute Gasteiger partial charge is 0.338 e. The van der Waals surface area contributed by atoms with Crippen molar-refractivity contribution in [2.24, 2.45) is 5.92 Å². The summed E-state index contributed by atoms with van der Waals surface area (Å²) in [4.78, 5) is 25.5. The number of carbonyl (C=O) groups excluding carboxylic acids is 2. The van der Waals surface area contributed by atoms with Gasteiger partial charge in [-0.1, -0.05) is 48.0 Å². The first-order valence-corrected chi connectivity index (χ1v) is 10.9. The molecule has 0 saturated heterocycles. The van der Waals surface area contributed by atoms with Crippen LogP contribution >= 0.6 is 0 Å². The summed E-state index contributed by atoms with van der Waals surface area (Å²) in [7, 11) is 0. The first kappa shape index (κ1) is 20.3. The molecule has 0 aromatic heterocycles. The standard InChI is InChI=1S/C27H24O5/c1-17-5-4-8-20(13-17)27(29)32-22-11-12-23-24(15-22)30-16-25(26(23)28)31-21-10-9-18-6-2-3-7-19(18)14-21/h2-10,13-14,16,22-24H,11-12,15H2,1H3. The van der Waals surface area contributed by atoms with Crippen LogP contribution in [0.1, 0.15) is 35.2 Å². The number of carbonyl (C=O) groups is 2. The van der Waals surface area contributed by atoms with E-state index in [4.69, 9.17) is 14.2 Å². The lowest BCUT2D eigenvalue weighted by Crippen LogP contribution is -2.43. The zero-order valence-corrected chi connectivity index (χ0v) is 17.8. The molecule has 162 valence electrons. The molecule has 5 heteroatoms. The number of ketones is 1. The summed E-state index contributed by atoms with van der Waals surface area (Å²) in [6, 6.07) is 21.1. The van der Waals surface area contributed by atoms with E-state index in [0.29, 0.717) is 30.6 Å². The number of Topliss-reactive ketones (excluding diaryl/α,β-unsaturated/α-hetero) is 1. The van der Waals surface area contributed by atoms with Gasteiger partial charge in [0.25, 0.3) is 0 Å². The second kappa shape index (κ2) is 8.50. The van der Waals surface area contributed by atoms with Gasteiger partial charge < -0.3 is 14.2 Å². The fourth-order valence-corrected chi connectivity index (χ4v) is 4.46. The summed E-state index contributed by atoms with van der Waals surface area (Å²) in [5.41, 5.74) is 1.55. The van der Waals surface area contributed by atoms with Gasteiger partial charge in [0, 0.05) is 6.42 Å². The van der Waals surface area contributed by atoms with Crippen LogP contribution in [0.2, 0.25) is 0 Å². The van der Waals surface area contributed by atoms with Gasteiger partial charge in [0.15, 0.2) is 0 Å². The van der Waals surface area contributed by atoms with Crippen molar-refractivity contribution >= 4 is 22.5 Å². The number of ether oxygens (including phenoxy) is 3. The maximum absolute atomic E-state index is 13.0. The van der Waals surface area contributed by atoms with Gasteiger partial charge in [-0.2, -0.15) is 0 Å². The number of rotatable bonds is 4. The predicted molar refractivity (Wildman–Crippen MR) is 120 cm³/mol. The third-order valence-corrected chi connectivity index (χ3v) is 6.15. The molecule has 5 nitrogen and oxygen atoms in total. The van der Waals surface area contributed by atoms with E-state index in [1.54, 1.807) is 6.07 Å². The van der Waals surface area contributed by atoms with E-state index in [2.05, 4.69) is 0 Å². The van der Waals surface area contributed by atoms with Crippen molar-refractivity contribution in [3.63, 3.8) is 0 Å². The van der Waals surface area contributed by atoms with Crippen LogP contribution in [0, 0.1) is 12.8 Å². The second-order valence-electron chi connectivity index (χ2n) is 8.45.